The first-order valence-electron chi connectivity index (χ1n) is 5.58. The van der Waals surface area contributed by atoms with Crippen LogP contribution < -0.4 is 4.90 Å². The van der Waals surface area contributed by atoms with Crippen molar-refractivity contribution in [3.8, 4) is 0 Å². The number of nitrogens with zero attached hydrogens (tertiary/aromatic N) is 1. The Balaban J connectivity index is 2.33. The minimum Gasteiger partial charge on any atom is -0.500 e. The summed E-state index contributed by atoms with van der Waals surface area (Å²) in [6.07, 6.45) is 1.48. The zero-order valence-corrected chi connectivity index (χ0v) is 11.8. The fourth-order valence-electron chi connectivity index (χ4n) is 1.63. The largest absolute Gasteiger partial charge is 0.500 e. The Morgan fingerprint density at radius 2 is 2.17 bits per heavy atom. The van der Waals surface area contributed by atoms with Gasteiger partial charge in [0.25, 0.3) is 5.91 Å². The number of thiocarbonyl (C=S) groups is 1. The van der Waals surface area contributed by atoms with E-state index in [1.807, 2.05) is 38.1 Å². The van der Waals surface area contributed by atoms with Crippen molar-refractivity contribution in [3.05, 3.63) is 41.0 Å². The van der Waals surface area contributed by atoms with Crippen molar-refractivity contribution in [1.82, 2.24) is 0 Å². The van der Waals surface area contributed by atoms with Gasteiger partial charge in [0.15, 0.2) is 4.32 Å². The molecule has 0 saturated carbocycles. The fraction of sp³-hybridized carbons (Fsp3) is 0.231. The first-order chi connectivity index (χ1) is 8.65. The first kappa shape index (κ1) is 13.1. The van der Waals surface area contributed by atoms with Crippen LogP contribution in [0, 0.1) is 6.92 Å². The molecular formula is C13H13NO2S2. The Kier molecular flexibility index (Phi) is 4.04. The van der Waals surface area contributed by atoms with Crippen LogP contribution in [0.25, 0.3) is 0 Å². The standard InChI is InChI=1S/C13H13NO2S2/c1-3-16-8-11-12(15)14(13(17)18-11)10-7-5-4-6-9(10)2/h4-8H,3H2,1-2H3/b11-8-. The van der Waals surface area contributed by atoms with Crippen molar-refractivity contribution in [3.63, 3.8) is 0 Å². The van der Waals surface area contributed by atoms with E-state index in [0.29, 0.717) is 15.8 Å². The maximum absolute atomic E-state index is 12.2. The highest BCUT2D eigenvalue weighted by Gasteiger charge is 2.34. The number of carbonyl (C=O) groups excluding carboxylic acids is 1. The number of carbonyl (C=O) groups is 1. The lowest BCUT2D eigenvalue weighted by molar-refractivity contribution is -0.113. The average molecular weight is 279 g/mol. The summed E-state index contributed by atoms with van der Waals surface area (Å²) in [7, 11) is 0. The van der Waals surface area contributed by atoms with E-state index >= 15 is 0 Å². The molecule has 3 nitrogen and oxygen atoms in total. The van der Waals surface area contributed by atoms with Gasteiger partial charge in [-0.25, -0.2) is 0 Å². The Hall–Kier alpha value is -1.33. The molecule has 1 amide bonds. The highest BCUT2D eigenvalue weighted by Crippen LogP contribution is 2.35. The molecule has 1 saturated heterocycles. The average Bonchev–Trinajstić information content (AvgIpc) is 2.63. The summed E-state index contributed by atoms with van der Waals surface area (Å²) < 4.78 is 5.70. The minimum absolute atomic E-state index is 0.118. The first-order valence-corrected chi connectivity index (χ1v) is 6.81. The third-order valence-electron chi connectivity index (χ3n) is 2.51. The molecule has 0 N–H and O–H groups in total. The number of amides is 1. The molecule has 1 aromatic carbocycles. The molecule has 0 spiro atoms. The number of rotatable bonds is 3. The molecule has 1 aromatic rings. The number of hydrogen-bond donors (Lipinski definition) is 0. The molecule has 1 heterocycles. The predicted molar refractivity (Wildman–Crippen MR) is 78.6 cm³/mol. The molecule has 0 aliphatic carbocycles. The predicted octanol–water partition coefficient (Wildman–Crippen LogP) is 3.24. The Morgan fingerprint density at radius 3 is 2.83 bits per heavy atom. The smallest absolute Gasteiger partial charge is 0.273 e. The molecule has 94 valence electrons. The lowest BCUT2D eigenvalue weighted by Gasteiger charge is -2.16. The number of thioether (sulfide) groups is 1. The Labute approximate surface area is 116 Å². The molecule has 18 heavy (non-hydrogen) atoms. The third kappa shape index (κ3) is 2.42. The molecule has 1 fully saturated rings. The van der Waals surface area contributed by atoms with E-state index in [2.05, 4.69) is 0 Å². The van der Waals surface area contributed by atoms with Gasteiger partial charge in [0, 0.05) is 0 Å². The van der Waals surface area contributed by atoms with Crippen LogP contribution in [-0.4, -0.2) is 16.8 Å². The van der Waals surface area contributed by atoms with Crippen molar-refractivity contribution in [2.45, 2.75) is 13.8 Å². The summed E-state index contributed by atoms with van der Waals surface area (Å²) in [6, 6.07) is 7.68. The van der Waals surface area contributed by atoms with Crippen LogP contribution in [0.15, 0.2) is 35.4 Å². The van der Waals surface area contributed by atoms with Crippen LogP contribution >= 0.6 is 24.0 Å². The molecular weight excluding hydrogens is 266 g/mol. The highest BCUT2D eigenvalue weighted by atomic mass is 32.2. The summed E-state index contributed by atoms with van der Waals surface area (Å²) in [5.41, 5.74) is 1.85. The van der Waals surface area contributed by atoms with E-state index in [4.69, 9.17) is 17.0 Å². The monoisotopic (exact) mass is 279 g/mol. The molecule has 2 rings (SSSR count). The summed E-state index contributed by atoms with van der Waals surface area (Å²) in [4.78, 5) is 14.3. The van der Waals surface area contributed by atoms with Gasteiger partial charge in [-0.3, -0.25) is 9.69 Å². The molecule has 0 atom stereocenters. The zero-order chi connectivity index (χ0) is 13.1. The van der Waals surface area contributed by atoms with E-state index in [9.17, 15) is 4.79 Å². The van der Waals surface area contributed by atoms with Gasteiger partial charge in [-0.2, -0.15) is 0 Å². The molecule has 0 aromatic heterocycles. The number of benzene rings is 1. The topological polar surface area (TPSA) is 29.5 Å². The molecule has 0 unspecified atom stereocenters. The maximum atomic E-state index is 12.2. The van der Waals surface area contributed by atoms with Crippen LogP contribution in [0.1, 0.15) is 12.5 Å². The molecule has 1 aliphatic heterocycles. The van der Waals surface area contributed by atoms with Crippen LogP contribution in [0.2, 0.25) is 0 Å². The number of para-hydroxylation sites is 1. The maximum Gasteiger partial charge on any atom is 0.273 e. The molecule has 1 aliphatic rings. The van der Waals surface area contributed by atoms with E-state index in [1.165, 1.54) is 18.0 Å². The normalized spacial score (nSPS) is 17.7. The van der Waals surface area contributed by atoms with Crippen molar-refractivity contribution in [1.29, 1.82) is 0 Å². The second-order valence-electron chi connectivity index (χ2n) is 3.73. The van der Waals surface area contributed by atoms with Crippen molar-refractivity contribution >= 4 is 39.9 Å². The van der Waals surface area contributed by atoms with Crippen LogP contribution in [0.5, 0.6) is 0 Å². The lowest BCUT2D eigenvalue weighted by atomic mass is 10.2. The van der Waals surface area contributed by atoms with Gasteiger partial charge in [0.2, 0.25) is 0 Å². The van der Waals surface area contributed by atoms with Gasteiger partial charge in [-0.05, 0) is 25.5 Å². The summed E-state index contributed by atoms with van der Waals surface area (Å²) in [6.45, 7) is 4.37. The zero-order valence-electron chi connectivity index (χ0n) is 10.2. The molecule has 0 radical (unpaired) electrons. The van der Waals surface area contributed by atoms with E-state index in [0.717, 1.165) is 11.3 Å². The number of anilines is 1. The second-order valence-corrected chi connectivity index (χ2v) is 5.41. The SMILES string of the molecule is CCO/C=C1\SC(=S)N(c2ccccc2C)C1=O. The van der Waals surface area contributed by atoms with Gasteiger partial charge < -0.3 is 4.74 Å². The number of hydrogen-bond acceptors (Lipinski definition) is 4. The van der Waals surface area contributed by atoms with Crippen molar-refractivity contribution in [2.24, 2.45) is 0 Å². The quantitative estimate of drug-likeness (QED) is 0.482. The summed E-state index contributed by atoms with van der Waals surface area (Å²) in [5.74, 6) is -0.118. The van der Waals surface area contributed by atoms with Crippen LogP contribution in [0.4, 0.5) is 5.69 Å². The van der Waals surface area contributed by atoms with Gasteiger partial charge in [0.1, 0.15) is 11.2 Å². The highest BCUT2D eigenvalue weighted by molar-refractivity contribution is 8.27. The number of aryl methyl sites for hydroxylation is 1. The van der Waals surface area contributed by atoms with Crippen molar-refractivity contribution < 1.29 is 9.53 Å². The van der Waals surface area contributed by atoms with Crippen LogP contribution in [-0.2, 0) is 9.53 Å². The second kappa shape index (κ2) is 5.54. The molecule has 0 bridgehead atoms. The fourth-order valence-corrected chi connectivity index (χ4v) is 2.84. The Bertz CT molecular complexity index is 525. The van der Waals surface area contributed by atoms with Gasteiger partial charge in [0.05, 0.1) is 12.3 Å². The summed E-state index contributed by atoms with van der Waals surface area (Å²) in [5, 5.41) is 0. The van der Waals surface area contributed by atoms with Gasteiger partial charge in [-0.15, -0.1) is 0 Å². The lowest BCUT2D eigenvalue weighted by Crippen LogP contribution is -2.28. The Morgan fingerprint density at radius 1 is 1.44 bits per heavy atom. The summed E-state index contributed by atoms with van der Waals surface area (Å²) >= 11 is 6.53. The third-order valence-corrected chi connectivity index (χ3v) is 3.79. The van der Waals surface area contributed by atoms with E-state index in [1.54, 1.807) is 4.90 Å². The minimum atomic E-state index is -0.118. The van der Waals surface area contributed by atoms with E-state index < -0.39 is 0 Å². The van der Waals surface area contributed by atoms with Gasteiger partial charge in [-0.1, -0.05) is 42.2 Å². The van der Waals surface area contributed by atoms with Crippen LogP contribution in [0.3, 0.4) is 0 Å². The molecule has 5 heteroatoms. The number of ether oxygens (including phenoxy) is 1. The van der Waals surface area contributed by atoms with Crippen molar-refractivity contribution in [2.75, 3.05) is 11.5 Å². The van der Waals surface area contributed by atoms with Gasteiger partial charge >= 0.3 is 0 Å². The van der Waals surface area contributed by atoms with E-state index in [-0.39, 0.29) is 5.91 Å².